The number of hydrogen-bond donors (Lipinski definition) is 3. The summed E-state index contributed by atoms with van der Waals surface area (Å²) >= 11 is 3.24. The van der Waals surface area contributed by atoms with Gasteiger partial charge in [0.2, 0.25) is 5.91 Å². The molecule has 12 heteroatoms. The van der Waals surface area contributed by atoms with Crippen molar-refractivity contribution in [1.82, 2.24) is 15.5 Å². The van der Waals surface area contributed by atoms with Gasteiger partial charge in [-0.3, -0.25) is 19.7 Å². The first-order valence-corrected chi connectivity index (χ1v) is 14.2. The van der Waals surface area contributed by atoms with E-state index in [0.29, 0.717) is 18.7 Å². The molecule has 1 aromatic rings. The minimum Gasteiger partial charge on any atom is -0.480 e. The van der Waals surface area contributed by atoms with Crippen LogP contribution in [-0.2, 0) is 19.1 Å². The van der Waals surface area contributed by atoms with Crippen molar-refractivity contribution in [1.29, 1.82) is 0 Å². The molecular weight excluding hydrogens is 545 g/mol. The Balaban J connectivity index is 0.00000324. The van der Waals surface area contributed by atoms with Crippen molar-refractivity contribution in [2.45, 2.75) is 62.8 Å². The standard InChI is InChI=1S/C24H37N3O5S2.2ClH/c1-2-32-24(31)18(7-4-3-6-17-9-11-25-12-10-17)26-19-16-34-21(20-8-5-13-33-20)14-27(23(19)30)15-22(28)29;;/h5,8,13,17-19,21,25-26H,2-4,6-7,9-12,14-16H2,1H3,(H,28,29);2*1H/t18-,19?,21?;;/m1../s1. The number of thioether (sulfide) groups is 1. The average molecular weight is 585 g/mol. The van der Waals surface area contributed by atoms with Gasteiger partial charge in [0.25, 0.3) is 0 Å². The second-order valence-electron chi connectivity index (χ2n) is 8.95. The fourth-order valence-electron chi connectivity index (χ4n) is 4.63. The fourth-order valence-corrected chi connectivity index (χ4v) is 6.89. The second kappa shape index (κ2) is 17.5. The first kappa shape index (κ1) is 33.0. The van der Waals surface area contributed by atoms with E-state index >= 15 is 0 Å². The topological polar surface area (TPSA) is 108 Å². The molecule has 1 amide bonds. The summed E-state index contributed by atoms with van der Waals surface area (Å²) in [6, 6.07) is 2.77. The van der Waals surface area contributed by atoms with Crippen molar-refractivity contribution in [2.24, 2.45) is 5.92 Å². The maximum Gasteiger partial charge on any atom is 0.323 e. The molecule has 0 radical (unpaired) electrons. The lowest BCUT2D eigenvalue weighted by Crippen LogP contribution is -2.53. The number of carboxylic acids is 1. The van der Waals surface area contributed by atoms with Crippen LogP contribution in [0.15, 0.2) is 17.5 Å². The zero-order chi connectivity index (χ0) is 24.3. The number of aliphatic carboxylic acids is 1. The minimum absolute atomic E-state index is 0. The van der Waals surface area contributed by atoms with Gasteiger partial charge in [0.05, 0.1) is 17.9 Å². The number of nitrogens with zero attached hydrogens (tertiary/aromatic N) is 1. The molecule has 36 heavy (non-hydrogen) atoms. The first-order chi connectivity index (χ1) is 16.5. The van der Waals surface area contributed by atoms with E-state index in [2.05, 4.69) is 10.6 Å². The number of piperidine rings is 1. The van der Waals surface area contributed by atoms with Crippen molar-refractivity contribution >= 4 is 65.8 Å². The molecule has 0 saturated carbocycles. The Morgan fingerprint density at radius 1 is 1.28 bits per heavy atom. The highest BCUT2D eigenvalue weighted by Crippen LogP contribution is 2.35. The van der Waals surface area contributed by atoms with Crippen LogP contribution in [0.4, 0.5) is 0 Å². The van der Waals surface area contributed by atoms with Gasteiger partial charge in [-0.15, -0.1) is 47.9 Å². The third kappa shape index (κ3) is 10.4. The summed E-state index contributed by atoms with van der Waals surface area (Å²) in [5.41, 5.74) is 0. The summed E-state index contributed by atoms with van der Waals surface area (Å²) < 4.78 is 5.30. The molecule has 0 aliphatic carbocycles. The Kier molecular flexibility index (Phi) is 16.0. The molecule has 2 saturated heterocycles. The van der Waals surface area contributed by atoms with Crippen LogP contribution in [0, 0.1) is 5.92 Å². The van der Waals surface area contributed by atoms with Gasteiger partial charge in [0.1, 0.15) is 12.6 Å². The SMILES string of the molecule is CCOC(=O)[C@@H](CCCCC1CCNCC1)NC1CSC(c2cccs2)CN(CC(=O)O)C1=O.Cl.Cl. The van der Waals surface area contributed by atoms with Gasteiger partial charge < -0.3 is 20.1 Å². The number of nitrogens with one attached hydrogen (secondary N) is 2. The number of carbonyl (C=O) groups excluding carboxylic acids is 2. The lowest BCUT2D eigenvalue weighted by Gasteiger charge is -2.27. The van der Waals surface area contributed by atoms with E-state index in [1.54, 1.807) is 30.0 Å². The monoisotopic (exact) mass is 583 g/mol. The Labute approximate surface area is 234 Å². The zero-order valence-corrected chi connectivity index (χ0v) is 24.0. The molecule has 2 aliphatic rings. The Hall–Kier alpha value is -1.04. The molecule has 3 atom stereocenters. The molecule has 3 N–H and O–H groups in total. The third-order valence-electron chi connectivity index (χ3n) is 6.43. The van der Waals surface area contributed by atoms with Crippen molar-refractivity contribution in [2.75, 3.05) is 38.5 Å². The fraction of sp³-hybridized carbons (Fsp3) is 0.708. The van der Waals surface area contributed by atoms with Crippen LogP contribution in [-0.4, -0.2) is 78.5 Å². The summed E-state index contributed by atoms with van der Waals surface area (Å²) in [5, 5.41) is 18.0. The molecule has 0 bridgehead atoms. The number of carbonyl (C=O) groups is 3. The van der Waals surface area contributed by atoms with Crippen molar-refractivity contribution in [3.8, 4) is 0 Å². The molecule has 0 aromatic carbocycles. The highest BCUT2D eigenvalue weighted by molar-refractivity contribution is 7.99. The molecule has 2 aliphatic heterocycles. The van der Waals surface area contributed by atoms with E-state index in [-0.39, 0.29) is 55.1 Å². The molecule has 0 spiro atoms. The largest absolute Gasteiger partial charge is 0.480 e. The van der Waals surface area contributed by atoms with E-state index in [1.165, 1.54) is 17.7 Å². The highest BCUT2D eigenvalue weighted by Gasteiger charge is 2.36. The van der Waals surface area contributed by atoms with E-state index in [4.69, 9.17) is 4.74 Å². The predicted octanol–water partition coefficient (Wildman–Crippen LogP) is 3.74. The number of esters is 1. The van der Waals surface area contributed by atoms with Crippen LogP contribution in [0.5, 0.6) is 0 Å². The first-order valence-electron chi connectivity index (χ1n) is 12.3. The van der Waals surface area contributed by atoms with E-state index in [1.807, 2.05) is 17.5 Å². The normalized spacial score (nSPS) is 21.6. The quantitative estimate of drug-likeness (QED) is 0.252. The van der Waals surface area contributed by atoms with Crippen molar-refractivity contribution in [3.63, 3.8) is 0 Å². The molecule has 3 heterocycles. The number of rotatable bonds is 12. The van der Waals surface area contributed by atoms with Crippen LogP contribution in [0.25, 0.3) is 0 Å². The molecule has 1 aromatic heterocycles. The number of thiophene rings is 1. The molecule has 206 valence electrons. The number of amides is 1. The van der Waals surface area contributed by atoms with E-state index < -0.39 is 18.1 Å². The average Bonchev–Trinajstić information content (AvgIpc) is 3.31. The summed E-state index contributed by atoms with van der Waals surface area (Å²) in [6.45, 7) is 4.22. The lowest BCUT2D eigenvalue weighted by atomic mass is 9.92. The molecule has 3 rings (SSSR count). The number of ether oxygens (including phenoxy) is 1. The van der Waals surface area contributed by atoms with Gasteiger partial charge >= 0.3 is 11.9 Å². The van der Waals surface area contributed by atoms with Gasteiger partial charge in [-0.1, -0.05) is 25.3 Å². The maximum absolute atomic E-state index is 13.3. The summed E-state index contributed by atoms with van der Waals surface area (Å²) in [7, 11) is 0. The molecule has 2 unspecified atom stereocenters. The van der Waals surface area contributed by atoms with Crippen LogP contribution in [0.2, 0.25) is 0 Å². The van der Waals surface area contributed by atoms with Gasteiger partial charge in [-0.05, 0) is 56.6 Å². The van der Waals surface area contributed by atoms with E-state index in [9.17, 15) is 19.5 Å². The van der Waals surface area contributed by atoms with Crippen molar-refractivity contribution in [3.05, 3.63) is 22.4 Å². The zero-order valence-electron chi connectivity index (χ0n) is 20.7. The Morgan fingerprint density at radius 2 is 2.03 bits per heavy atom. The number of carboxylic acid groups (broad SMARTS) is 1. The molecule has 2 fully saturated rings. The van der Waals surface area contributed by atoms with Crippen LogP contribution < -0.4 is 10.6 Å². The van der Waals surface area contributed by atoms with Gasteiger partial charge in [0, 0.05) is 17.2 Å². The molecular formula is C24H39Cl2N3O5S2. The van der Waals surface area contributed by atoms with Crippen LogP contribution in [0.1, 0.15) is 55.6 Å². The summed E-state index contributed by atoms with van der Waals surface area (Å²) in [6.07, 6.45) is 6.10. The number of halogens is 2. The Bertz CT molecular complexity index is 797. The van der Waals surface area contributed by atoms with Gasteiger partial charge in [-0.2, -0.15) is 0 Å². The smallest absolute Gasteiger partial charge is 0.323 e. The summed E-state index contributed by atoms with van der Waals surface area (Å²) in [4.78, 5) is 40.0. The van der Waals surface area contributed by atoms with Crippen molar-refractivity contribution < 1.29 is 24.2 Å². The Morgan fingerprint density at radius 3 is 2.67 bits per heavy atom. The van der Waals surface area contributed by atoms with Gasteiger partial charge in [-0.25, -0.2) is 0 Å². The van der Waals surface area contributed by atoms with Crippen LogP contribution >= 0.6 is 47.9 Å². The maximum atomic E-state index is 13.3. The predicted molar refractivity (Wildman–Crippen MR) is 150 cm³/mol. The molecule has 8 nitrogen and oxygen atoms in total. The minimum atomic E-state index is -1.04. The third-order valence-corrected chi connectivity index (χ3v) is 8.90. The highest BCUT2D eigenvalue weighted by atomic mass is 35.5. The van der Waals surface area contributed by atoms with E-state index in [0.717, 1.165) is 43.1 Å². The van der Waals surface area contributed by atoms with Crippen LogP contribution in [0.3, 0.4) is 0 Å². The number of hydrogen-bond acceptors (Lipinski definition) is 8. The van der Waals surface area contributed by atoms with Gasteiger partial charge in [0.15, 0.2) is 0 Å². The lowest BCUT2D eigenvalue weighted by molar-refractivity contribution is -0.148. The second-order valence-corrected chi connectivity index (χ2v) is 11.2. The summed E-state index contributed by atoms with van der Waals surface area (Å²) in [5.74, 6) is -0.427. The number of unbranched alkanes of at least 4 members (excludes halogenated alkanes) is 1.